The third kappa shape index (κ3) is 7.28. The Kier molecular flexibility index (Phi) is 10.1. The molecule has 1 aromatic rings. The quantitative estimate of drug-likeness (QED) is 0.375. The van der Waals surface area contributed by atoms with Crippen LogP contribution in [0.5, 0.6) is 5.75 Å². The van der Waals surface area contributed by atoms with Gasteiger partial charge in [0.15, 0.2) is 5.60 Å². The van der Waals surface area contributed by atoms with Crippen LogP contribution < -0.4 is 9.64 Å². The molecule has 3 amide bonds. The van der Waals surface area contributed by atoms with Gasteiger partial charge >= 0.3 is 6.09 Å². The number of unbranched alkanes of at least 4 members (excludes halogenated alkanes) is 1. The van der Waals surface area contributed by atoms with E-state index in [0.717, 1.165) is 31.2 Å². The van der Waals surface area contributed by atoms with E-state index in [1.165, 1.54) is 0 Å². The van der Waals surface area contributed by atoms with E-state index < -0.39 is 11.2 Å². The fourth-order valence-electron chi connectivity index (χ4n) is 5.52. The first-order valence-corrected chi connectivity index (χ1v) is 14.7. The number of piperidine rings is 1. The van der Waals surface area contributed by atoms with Gasteiger partial charge in [-0.1, -0.05) is 6.92 Å². The van der Waals surface area contributed by atoms with Crippen molar-refractivity contribution in [3.8, 4) is 5.75 Å². The topological polar surface area (TPSA) is 88.6 Å². The number of likely N-dealkylation sites (tertiary alicyclic amines) is 1. The average molecular weight is 560 g/mol. The number of ether oxygens (including phenoxy) is 3. The summed E-state index contributed by atoms with van der Waals surface area (Å²) < 4.78 is 17.0. The molecule has 0 N–H and O–H groups in total. The molecule has 0 aromatic heterocycles. The number of fused-ring (bicyclic) bond motifs is 1. The second kappa shape index (κ2) is 12.8. The molecule has 0 radical (unpaired) electrons. The summed E-state index contributed by atoms with van der Waals surface area (Å²) in [4.78, 5) is 45.9. The van der Waals surface area contributed by atoms with E-state index >= 15 is 0 Å². The van der Waals surface area contributed by atoms with Crippen LogP contribution in [-0.4, -0.2) is 84.3 Å². The summed E-state index contributed by atoms with van der Waals surface area (Å²) in [5, 5.41) is 0. The number of rotatable bonds is 9. The summed E-state index contributed by atoms with van der Waals surface area (Å²) in [6.07, 6.45) is 3.48. The number of anilines is 1. The van der Waals surface area contributed by atoms with E-state index in [1.807, 2.05) is 58.6 Å². The van der Waals surface area contributed by atoms with Crippen molar-refractivity contribution in [2.24, 2.45) is 0 Å². The van der Waals surface area contributed by atoms with Crippen molar-refractivity contribution in [1.82, 2.24) is 9.80 Å². The smallest absolute Gasteiger partial charge is 0.410 e. The molecule has 1 saturated heterocycles. The van der Waals surface area contributed by atoms with Crippen LogP contribution in [-0.2, 0) is 20.7 Å². The van der Waals surface area contributed by atoms with Gasteiger partial charge < -0.3 is 28.9 Å². The number of benzene rings is 1. The number of methoxy groups -OCH3 is 1. The van der Waals surface area contributed by atoms with Crippen molar-refractivity contribution < 1.29 is 28.6 Å². The Hall–Kier alpha value is -2.81. The maximum absolute atomic E-state index is 14.3. The van der Waals surface area contributed by atoms with Crippen LogP contribution in [0, 0.1) is 0 Å². The fraction of sp³-hybridized carbons (Fsp3) is 0.710. The Morgan fingerprint density at radius 2 is 1.90 bits per heavy atom. The van der Waals surface area contributed by atoms with Crippen LogP contribution in [0.2, 0.25) is 0 Å². The van der Waals surface area contributed by atoms with Gasteiger partial charge in [-0.3, -0.25) is 9.59 Å². The maximum Gasteiger partial charge on any atom is 0.410 e. The van der Waals surface area contributed by atoms with Gasteiger partial charge in [-0.25, -0.2) is 4.79 Å². The Bertz CT molecular complexity index is 1080. The second-order valence-electron chi connectivity index (χ2n) is 12.6. The average Bonchev–Trinajstić information content (AvgIpc) is 2.86. The molecular formula is C31H49N3O6. The minimum atomic E-state index is -0.998. The zero-order valence-electron chi connectivity index (χ0n) is 26.0. The molecular weight excluding hydrogens is 510 g/mol. The normalized spacial score (nSPS) is 18.9. The lowest BCUT2D eigenvalue weighted by molar-refractivity contribution is -0.132. The lowest BCUT2D eigenvalue weighted by Gasteiger charge is -2.42. The van der Waals surface area contributed by atoms with Crippen molar-refractivity contribution in [2.45, 2.75) is 111 Å². The molecule has 0 aliphatic carbocycles. The number of amides is 3. The minimum Gasteiger partial charge on any atom is -0.476 e. The summed E-state index contributed by atoms with van der Waals surface area (Å²) in [5.74, 6) is 0.401. The molecule has 224 valence electrons. The molecule has 9 nitrogen and oxygen atoms in total. The summed E-state index contributed by atoms with van der Waals surface area (Å²) in [7, 11) is 1.67. The highest BCUT2D eigenvalue weighted by molar-refractivity contribution is 6.05. The van der Waals surface area contributed by atoms with Crippen molar-refractivity contribution >= 4 is 23.6 Å². The molecule has 0 saturated carbocycles. The van der Waals surface area contributed by atoms with Gasteiger partial charge in [0, 0.05) is 45.0 Å². The lowest BCUT2D eigenvalue weighted by atomic mass is 9.96. The first-order chi connectivity index (χ1) is 18.7. The van der Waals surface area contributed by atoms with Gasteiger partial charge in [0.25, 0.3) is 11.8 Å². The summed E-state index contributed by atoms with van der Waals surface area (Å²) in [6, 6.07) is 3.53. The fourth-order valence-corrected chi connectivity index (χ4v) is 5.52. The Morgan fingerprint density at radius 1 is 1.20 bits per heavy atom. The second-order valence-corrected chi connectivity index (χ2v) is 12.6. The Morgan fingerprint density at radius 3 is 2.50 bits per heavy atom. The van der Waals surface area contributed by atoms with Gasteiger partial charge in [0.2, 0.25) is 0 Å². The van der Waals surface area contributed by atoms with Crippen LogP contribution in [0.1, 0.15) is 97.0 Å². The van der Waals surface area contributed by atoms with Crippen molar-refractivity contribution in [3.05, 3.63) is 23.3 Å². The highest BCUT2D eigenvalue weighted by Gasteiger charge is 2.42. The van der Waals surface area contributed by atoms with Crippen molar-refractivity contribution in [2.75, 3.05) is 38.3 Å². The predicted molar refractivity (Wildman–Crippen MR) is 156 cm³/mol. The summed E-state index contributed by atoms with van der Waals surface area (Å²) >= 11 is 0. The molecule has 1 aromatic carbocycles. The van der Waals surface area contributed by atoms with E-state index in [4.69, 9.17) is 14.2 Å². The third-order valence-corrected chi connectivity index (χ3v) is 7.42. The van der Waals surface area contributed by atoms with E-state index in [9.17, 15) is 14.4 Å². The van der Waals surface area contributed by atoms with Crippen LogP contribution in [0.3, 0.4) is 0 Å². The minimum absolute atomic E-state index is 0.0845. The number of aryl methyl sites for hydroxylation is 1. The highest BCUT2D eigenvalue weighted by atomic mass is 16.6. The molecule has 2 heterocycles. The Balaban J connectivity index is 1.96. The molecule has 1 fully saturated rings. The summed E-state index contributed by atoms with van der Waals surface area (Å²) in [6.45, 7) is 17.3. The molecule has 2 aliphatic heterocycles. The van der Waals surface area contributed by atoms with Gasteiger partial charge in [-0.05, 0) is 98.3 Å². The Labute approximate surface area is 240 Å². The van der Waals surface area contributed by atoms with E-state index in [2.05, 4.69) is 0 Å². The van der Waals surface area contributed by atoms with Gasteiger partial charge in [-0.2, -0.15) is 0 Å². The maximum atomic E-state index is 14.3. The molecule has 9 heteroatoms. The van der Waals surface area contributed by atoms with Crippen LogP contribution in [0.25, 0.3) is 0 Å². The molecule has 0 unspecified atom stereocenters. The number of carbonyl (C=O) groups excluding carboxylic acids is 3. The first-order valence-electron chi connectivity index (χ1n) is 14.7. The van der Waals surface area contributed by atoms with E-state index in [1.54, 1.807) is 30.8 Å². The monoisotopic (exact) mass is 559 g/mol. The van der Waals surface area contributed by atoms with Crippen LogP contribution >= 0.6 is 0 Å². The third-order valence-electron chi connectivity index (χ3n) is 7.42. The molecule has 1 atom stereocenters. The van der Waals surface area contributed by atoms with Gasteiger partial charge in [0.05, 0.1) is 11.7 Å². The number of hydrogen-bond acceptors (Lipinski definition) is 6. The number of carbonyl (C=O) groups is 3. The first kappa shape index (κ1) is 31.7. The summed E-state index contributed by atoms with van der Waals surface area (Å²) in [5.41, 5.74) is 0.494. The van der Waals surface area contributed by atoms with E-state index in [-0.39, 0.29) is 30.0 Å². The van der Waals surface area contributed by atoms with Gasteiger partial charge in [0.1, 0.15) is 11.4 Å². The standard InChI is InChI=1S/C31H49N3O6/c1-10-22-18-26-25(33(16-11-12-17-38-9)28(36)31(7,8)39-26)19-24(22)27(35)34(21(2)3)23-14-13-15-32(20-23)29(37)40-30(4,5)6/h18-19,21,23H,10-17,20H2,1-9H3/t23-/m1/s1. The van der Waals surface area contributed by atoms with E-state index in [0.29, 0.717) is 49.7 Å². The molecule has 3 rings (SSSR count). The molecule has 40 heavy (non-hydrogen) atoms. The molecule has 2 aliphatic rings. The number of hydrogen-bond donors (Lipinski definition) is 0. The zero-order valence-corrected chi connectivity index (χ0v) is 26.0. The molecule has 0 spiro atoms. The SMILES string of the molecule is CCc1cc2c(cc1C(=O)N(C(C)C)[C@@H]1CCCN(C(=O)OC(C)(C)C)C1)N(CCCCOC)C(=O)C(C)(C)O2. The van der Waals surface area contributed by atoms with Crippen LogP contribution in [0.4, 0.5) is 10.5 Å². The van der Waals surface area contributed by atoms with Gasteiger partial charge in [-0.15, -0.1) is 0 Å². The largest absolute Gasteiger partial charge is 0.476 e. The number of nitrogens with zero attached hydrogens (tertiary/aromatic N) is 3. The zero-order chi connectivity index (χ0) is 29.8. The van der Waals surface area contributed by atoms with Crippen LogP contribution in [0.15, 0.2) is 12.1 Å². The molecule has 0 bridgehead atoms. The van der Waals surface area contributed by atoms with Crippen molar-refractivity contribution in [3.63, 3.8) is 0 Å². The predicted octanol–water partition coefficient (Wildman–Crippen LogP) is 5.43. The van der Waals surface area contributed by atoms with Crippen molar-refractivity contribution in [1.29, 1.82) is 0 Å². The lowest BCUT2D eigenvalue weighted by Crippen LogP contribution is -2.55. The highest BCUT2D eigenvalue weighted by Crippen LogP contribution is 2.41.